The van der Waals surface area contributed by atoms with E-state index in [0.717, 1.165) is 24.3 Å². The van der Waals surface area contributed by atoms with Crippen LogP contribution < -0.4 is 4.74 Å². The average molecular weight is 355 g/mol. The number of hydrogen-bond acceptors (Lipinski definition) is 5. The Bertz CT molecular complexity index is 840. The quantitative estimate of drug-likeness (QED) is 0.672. The molecule has 130 valence electrons. The molecule has 0 radical (unpaired) electrons. The number of aromatic hydroxyl groups is 1. The predicted molar refractivity (Wildman–Crippen MR) is 98.8 cm³/mol. The number of thiophene rings is 1. The van der Waals surface area contributed by atoms with Crippen LogP contribution in [0.25, 0.3) is 10.6 Å². The number of H-pyrrole nitrogens is 1. The normalized spacial score (nSPS) is 14.2. The zero-order valence-electron chi connectivity index (χ0n) is 14.1. The average Bonchev–Trinajstić information content (AvgIpc) is 3.12. The van der Waals surface area contributed by atoms with Gasteiger partial charge in [0.2, 0.25) is 0 Å². The Kier molecular flexibility index (Phi) is 4.46. The summed E-state index contributed by atoms with van der Waals surface area (Å²) in [6, 6.07) is 12.6. The minimum Gasteiger partial charge on any atom is -0.504 e. The minimum absolute atomic E-state index is 0.187. The van der Waals surface area contributed by atoms with Crippen LogP contribution in [-0.4, -0.2) is 33.4 Å². The van der Waals surface area contributed by atoms with Crippen molar-refractivity contribution < 1.29 is 9.84 Å². The Morgan fingerprint density at radius 3 is 2.84 bits per heavy atom. The van der Waals surface area contributed by atoms with Crippen molar-refractivity contribution in [2.75, 3.05) is 7.11 Å². The first-order valence-electron chi connectivity index (χ1n) is 8.41. The molecule has 1 saturated carbocycles. The van der Waals surface area contributed by atoms with Crippen LogP contribution in [0, 0.1) is 0 Å². The Balaban J connectivity index is 1.49. The number of aromatic nitrogens is 2. The number of ether oxygens (including phenoxy) is 1. The summed E-state index contributed by atoms with van der Waals surface area (Å²) in [5, 5.41) is 16.8. The Morgan fingerprint density at radius 1 is 1.24 bits per heavy atom. The summed E-state index contributed by atoms with van der Waals surface area (Å²) in [6.07, 6.45) is 4.30. The third-order valence-corrected chi connectivity index (χ3v) is 5.58. The van der Waals surface area contributed by atoms with Crippen LogP contribution in [-0.2, 0) is 13.1 Å². The van der Waals surface area contributed by atoms with E-state index in [1.165, 1.54) is 22.6 Å². The number of phenols is 1. The van der Waals surface area contributed by atoms with Gasteiger partial charge < -0.3 is 9.84 Å². The van der Waals surface area contributed by atoms with E-state index in [-0.39, 0.29) is 5.75 Å². The van der Waals surface area contributed by atoms with Crippen molar-refractivity contribution in [3.8, 4) is 22.1 Å². The summed E-state index contributed by atoms with van der Waals surface area (Å²) in [5.74, 6) is 0.720. The lowest BCUT2D eigenvalue weighted by molar-refractivity contribution is 0.247. The highest BCUT2D eigenvalue weighted by molar-refractivity contribution is 7.15. The van der Waals surface area contributed by atoms with Crippen molar-refractivity contribution in [1.29, 1.82) is 0 Å². The van der Waals surface area contributed by atoms with Gasteiger partial charge in [-0.2, -0.15) is 5.10 Å². The second-order valence-electron chi connectivity index (χ2n) is 6.38. The maximum absolute atomic E-state index is 9.77. The number of methoxy groups -OCH3 is 1. The van der Waals surface area contributed by atoms with Gasteiger partial charge in [0.05, 0.1) is 17.7 Å². The summed E-state index contributed by atoms with van der Waals surface area (Å²) in [4.78, 5) is 5.07. The second kappa shape index (κ2) is 6.90. The van der Waals surface area contributed by atoms with E-state index in [4.69, 9.17) is 4.74 Å². The minimum atomic E-state index is 0.187. The Labute approximate surface area is 150 Å². The van der Waals surface area contributed by atoms with Gasteiger partial charge in [-0.3, -0.25) is 10.00 Å². The van der Waals surface area contributed by atoms with Crippen molar-refractivity contribution in [3.63, 3.8) is 0 Å². The number of nitrogens with one attached hydrogen (secondary N) is 1. The number of aromatic amines is 1. The summed E-state index contributed by atoms with van der Waals surface area (Å²) >= 11 is 1.81. The fourth-order valence-corrected chi connectivity index (χ4v) is 4.02. The molecule has 1 aliphatic rings. The second-order valence-corrected chi connectivity index (χ2v) is 7.55. The fourth-order valence-electron chi connectivity index (χ4n) is 3.01. The largest absolute Gasteiger partial charge is 0.504 e. The molecule has 25 heavy (non-hydrogen) atoms. The lowest BCUT2D eigenvalue weighted by Gasteiger charge is -2.21. The van der Waals surface area contributed by atoms with E-state index in [0.29, 0.717) is 11.8 Å². The molecule has 3 aromatic rings. The van der Waals surface area contributed by atoms with Crippen LogP contribution in [0.15, 0.2) is 42.6 Å². The molecule has 1 aromatic carbocycles. The van der Waals surface area contributed by atoms with Crippen LogP contribution >= 0.6 is 11.3 Å². The van der Waals surface area contributed by atoms with Gasteiger partial charge in [-0.05, 0) is 48.7 Å². The van der Waals surface area contributed by atoms with E-state index in [1.54, 1.807) is 19.4 Å². The fraction of sp³-hybridized carbons (Fsp3) is 0.316. The molecule has 0 saturated heterocycles. The van der Waals surface area contributed by atoms with Gasteiger partial charge in [0, 0.05) is 30.2 Å². The molecule has 0 amide bonds. The summed E-state index contributed by atoms with van der Waals surface area (Å²) in [7, 11) is 1.58. The number of hydrogen-bond donors (Lipinski definition) is 2. The highest BCUT2D eigenvalue weighted by Gasteiger charge is 2.29. The van der Waals surface area contributed by atoms with Gasteiger partial charge >= 0.3 is 0 Å². The van der Waals surface area contributed by atoms with Gasteiger partial charge in [-0.15, -0.1) is 11.3 Å². The zero-order valence-corrected chi connectivity index (χ0v) is 14.9. The number of phenolic OH excluding ortho intramolecular Hbond substituents is 1. The Hall–Kier alpha value is -2.31. The lowest BCUT2D eigenvalue weighted by atomic mass is 10.2. The van der Waals surface area contributed by atoms with E-state index in [2.05, 4.69) is 27.2 Å². The standard InChI is InChI=1S/C19H21N3O2S/c1-24-18-10-13(2-6-17(18)23)11-22(14-3-4-14)12-15-5-7-19(25-15)16-8-9-20-21-16/h2,5-10,14,23H,3-4,11-12H2,1H3,(H,20,21). The maximum Gasteiger partial charge on any atom is 0.160 e. The highest BCUT2D eigenvalue weighted by atomic mass is 32.1. The van der Waals surface area contributed by atoms with Crippen molar-refractivity contribution in [3.05, 3.63) is 53.0 Å². The van der Waals surface area contributed by atoms with E-state index >= 15 is 0 Å². The van der Waals surface area contributed by atoms with Crippen molar-refractivity contribution in [1.82, 2.24) is 15.1 Å². The van der Waals surface area contributed by atoms with Crippen molar-refractivity contribution >= 4 is 11.3 Å². The van der Waals surface area contributed by atoms with Crippen LogP contribution in [0.2, 0.25) is 0 Å². The van der Waals surface area contributed by atoms with Gasteiger partial charge in [-0.1, -0.05) is 6.07 Å². The summed E-state index contributed by atoms with van der Waals surface area (Å²) in [5.41, 5.74) is 2.23. The third kappa shape index (κ3) is 3.70. The molecule has 0 atom stereocenters. The van der Waals surface area contributed by atoms with Crippen LogP contribution in [0.5, 0.6) is 11.5 Å². The lowest BCUT2D eigenvalue weighted by Crippen LogP contribution is -2.24. The molecule has 0 bridgehead atoms. The molecule has 0 unspecified atom stereocenters. The first-order chi connectivity index (χ1) is 12.2. The molecule has 6 heteroatoms. The van der Waals surface area contributed by atoms with E-state index < -0.39 is 0 Å². The Morgan fingerprint density at radius 2 is 2.12 bits per heavy atom. The summed E-state index contributed by atoms with van der Waals surface area (Å²) in [6.45, 7) is 1.80. The van der Waals surface area contributed by atoms with Crippen molar-refractivity contribution in [2.45, 2.75) is 32.0 Å². The molecule has 5 nitrogen and oxygen atoms in total. The number of nitrogens with zero attached hydrogens (tertiary/aromatic N) is 2. The molecular formula is C19H21N3O2S. The van der Waals surface area contributed by atoms with Crippen LogP contribution in [0.1, 0.15) is 23.3 Å². The highest BCUT2D eigenvalue weighted by Crippen LogP contribution is 2.34. The zero-order chi connectivity index (χ0) is 17.2. The first-order valence-corrected chi connectivity index (χ1v) is 9.23. The molecule has 1 aliphatic carbocycles. The molecule has 1 fully saturated rings. The number of rotatable bonds is 7. The molecular weight excluding hydrogens is 334 g/mol. The van der Waals surface area contributed by atoms with Crippen LogP contribution in [0.3, 0.4) is 0 Å². The van der Waals surface area contributed by atoms with Gasteiger partial charge in [0.25, 0.3) is 0 Å². The van der Waals surface area contributed by atoms with Crippen LogP contribution in [0.4, 0.5) is 0 Å². The molecule has 2 heterocycles. The number of benzene rings is 1. The van der Waals surface area contributed by atoms with E-state index in [1.807, 2.05) is 29.5 Å². The predicted octanol–water partition coefficient (Wildman–Crippen LogP) is 4.02. The van der Waals surface area contributed by atoms with E-state index in [9.17, 15) is 5.11 Å². The SMILES string of the molecule is COc1cc(CN(Cc2ccc(-c3ccn[nH]3)s2)C2CC2)ccc1O. The molecule has 0 spiro atoms. The molecule has 0 aliphatic heterocycles. The monoisotopic (exact) mass is 355 g/mol. The first kappa shape index (κ1) is 16.2. The van der Waals surface area contributed by atoms with Gasteiger partial charge in [-0.25, -0.2) is 0 Å². The van der Waals surface area contributed by atoms with Gasteiger partial charge in [0.1, 0.15) is 0 Å². The molecule has 2 N–H and O–H groups in total. The molecule has 2 aromatic heterocycles. The smallest absolute Gasteiger partial charge is 0.160 e. The third-order valence-electron chi connectivity index (χ3n) is 4.48. The summed E-state index contributed by atoms with van der Waals surface area (Å²) < 4.78 is 5.23. The maximum atomic E-state index is 9.77. The topological polar surface area (TPSA) is 61.4 Å². The van der Waals surface area contributed by atoms with Crippen molar-refractivity contribution in [2.24, 2.45) is 0 Å². The van der Waals surface area contributed by atoms with Gasteiger partial charge in [0.15, 0.2) is 11.5 Å². The molecule has 4 rings (SSSR count).